The summed E-state index contributed by atoms with van der Waals surface area (Å²) in [4.78, 5) is 4.16. The van der Waals surface area contributed by atoms with Crippen LogP contribution >= 0.6 is 0 Å². The fraction of sp³-hybridized carbons (Fsp3) is 0.125. The van der Waals surface area contributed by atoms with Gasteiger partial charge in [0, 0.05) is 29.8 Å². The first-order chi connectivity index (χ1) is 5.27. The molecule has 0 fully saturated rings. The van der Waals surface area contributed by atoms with Gasteiger partial charge in [-0.25, -0.2) is 4.98 Å². The lowest BCUT2D eigenvalue weighted by atomic mass is 10.4. The van der Waals surface area contributed by atoms with Crippen LogP contribution in [0.1, 0.15) is 5.69 Å². The molecule has 0 saturated carbocycles. The molecule has 0 aliphatic heterocycles. The maximum atomic E-state index is 5.58. The maximum absolute atomic E-state index is 5.58. The van der Waals surface area contributed by atoms with Crippen LogP contribution in [0.25, 0.3) is 5.65 Å². The van der Waals surface area contributed by atoms with E-state index < -0.39 is 0 Å². The second kappa shape index (κ2) is 1.99. The van der Waals surface area contributed by atoms with Gasteiger partial charge < -0.3 is 10.1 Å². The third-order valence-electron chi connectivity index (χ3n) is 1.72. The normalized spacial score (nSPS) is 10.6. The van der Waals surface area contributed by atoms with Crippen molar-refractivity contribution in [1.82, 2.24) is 9.38 Å². The van der Waals surface area contributed by atoms with Gasteiger partial charge in [-0.05, 0) is 13.0 Å². The van der Waals surface area contributed by atoms with Crippen LogP contribution in [-0.4, -0.2) is 9.38 Å². The molecule has 2 rings (SSSR count). The summed E-state index contributed by atoms with van der Waals surface area (Å²) < 4.78 is 2.00. The van der Waals surface area contributed by atoms with E-state index in [9.17, 15) is 0 Å². The average molecular weight is 147 g/mol. The lowest BCUT2D eigenvalue weighted by Crippen LogP contribution is -1.89. The summed E-state index contributed by atoms with van der Waals surface area (Å²) in [5.74, 6) is 0. The van der Waals surface area contributed by atoms with Crippen LogP contribution in [0.2, 0.25) is 0 Å². The number of imidazole rings is 1. The summed E-state index contributed by atoms with van der Waals surface area (Å²) >= 11 is 0. The third kappa shape index (κ3) is 0.852. The highest BCUT2D eigenvalue weighted by Crippen LogP contribution is 2.08. The average Bonchev–Trinajstić information content (AvgIpc) is 2.32. The van der Waals surface area contributed by atoms with Crippen LogP contribution in [0, 0.1) is 6.92 Å². The Morgan fingerprint density at radius 2 is 2.36 bits per heavy atom. The monoisotopic (exact) mass is 147 g/mol. The Morgan fingerprint density at radius 1 is 1.55 bits per heavy atom. The molecule has 0 bridgehead atoms. The van der Waals surface area contributed by atoms with Crippen LogP contribution < -0.4 is 5.73 Å². The topological polar surface area (TPSA) is 43.3 Å². The molecule has 0 saturated heterocycles. The minimum atomic E-state index is 0.753. The van der Waals surface area contributed by atoms with E-state index in [0.29, 0.717) is 0 Å². The number of rotatable bonds is 0. The number of anilines is 1. The van der Waals surface area contributed by atoms with E-state index in [1.165, 1.54) is 0 Å². The van der Waals surface area contributed by atoms with Gasteiger partial charge in [0.15, 0.2) is 0 Å². The molecule has 3 nitrogen and oxygen atoms in total. The van der Waals surface area contributed by atoms with Crippen molar-refractivity contribution in [2.45, 2.75) is 6.92 Å². The molecule has 0 aromatic carbocycles. The number of hydrogen-bond acceptors (Lipinski definition) is 2. The number of nitrogens with two attached hydrogens (primary N) is 1. The Balaban J connectivity index is 2.86. The summed E-state index contributed by atoms with van der Waals surface area (Å²) in [6.45, 7) is 2.01. The predicted octanol–water partition coefficient (Wildman–Crippen LogP) is 1.22. The summed E-state index contributed by atoms with van der Waals surface area (Å²) in [6.07, 6.45) is 3.75. The lowest BCUT2D eigenvalue weighted by molar-refractivity contribution is 1.11. The van der Waals surface area contributed by atoms with E-state index in [1.54, 1.807) is 0 Å². The summed E-state index contributed by atoms with van der Waals surface area (Å²) in [7, 11) is 0. The molecule has 2 aromatic heterocycles. The minimum Gasteiger partial charge on any atom is -0.399 e. The van der Waals surface area contributed by atoms with Gasteiger partial charge in [0.2, 0.25) is 0 Å². The van der Waals surface area contributed by atoms with Crippen molar-refractivity contribution < 1.29 is 0 Å². The molecule has 0 atom stereocenters. The van der Waals surface area contributed by atoms with Gasteiger partial charge in [0.05, 0.1) is 0 Å². The fourth-order valence-corrected chi connectivity index (χ4v) is 1.12. The van der Waals surface area contributed by atoms with Gasteiger partial charge in [-0.3, -0.25) is 0 Å². The molecule has 0 unspecified atom stereocenters. The van der Waals surface area contributed by atoms with Crippen LogP contribution in [0.4, 0.5) is 5.69 Å². The van der Waals surface area contributed by atoms with Gasteiger partial charge in [-0.15, -0.1) is 0 Å². The van der Waals surface area contributed by atoms with Crippen molar-refractivity contribution in [2.24, 2.45) is 0 Å². The predicted molar refractivity (Wildman–Crippen MR) is 44.3 cm³/mol. The molecule has 0 aliphatic carbocycles. The van der Waals surface area contributed by atoms with E-state index >= 15 is 0 Å². The summed E-state index contributed by atoms with van der Waals surface area (Å²) in [6, 6.07) is 3.72. The van der Waals surface area contributed by atoms with Gasteiger partial charge >= 0.3 is 0 Å². The molecule has 11 heavy (non-hydrogen) atoms. The van der Waals surface area contributed by atoms with E-state index in [1.807, 2.05) is 35.9 Å². The quantitative estimate of drug-likeness (QED) is 0.609. The van der Waals surface area contributed by atoms with Crippen LogP contribution in [0.15, 0.2) is 24.5 Å². The van der Waals surface area contributed by atoms with Crippen LogP contribution in [0.3, 0.4) is 0 Å². The number of nitrogen functional groups attached to an aromatic ring is 1. The van der Waals surface area contributed by atoms with Gasteiger partial charge in [0.25, 0.3) is 0 Å². The van der Waals surface area contributed by atoms with Crippen molar-refractivity contribution in [3.8, 4) is 0 Å². The lowest BCUT2D eigenvalue weighted by Gasteiger charge is -1.95. The van der Waals surface area contributed by atoms with Crippen molar-refractivity contribution >= 4 is 11.3 Å². The zero-order chi connectivity index (χ0) is 7.84. The molecule has 3 heteroatoms. The standard InChI is InChI=1S/C8H9N3/c1-6-5-10-8-4-7(9)2-3-11(6)8/h2-5H,9H2,1H3. The van der Waals surface area contributed by atoms with Crippen LogP contribution in [0.5, 0.6) is 0 Å². The zero-order valence-electron chi connectivity index (χ0n) is 6.28. The Labute approximate surface area is 64.5 Å². The Hall–Kier alpha value is -1.51. The molecule has 0 radical (unpaired) electrons. The highest BCUT2D eigenvalue weighted by Gasteiger charge is 1.96. The van der Waals surface area contributed by atoms with E-state index in [4.69, 9.17) is 5.73 Å². The highest BCUT2D eigenvalue weighted by molar-refractivity contribution is 5.52. The Kier molecular flexibility index (Phi) is 1.12. The van der Waals surface area contributed by atoms with Crippen molar-refractivity contribution in [3.63, 3.8) is 0 Å². The van der Waals surface area contributed by atoms with Crippen molar-refractivity contribution in [1.29, 1.82) is 0 Å². The number of nitrogens with zero attached hydrogens (tertiary/aromatic N) is 2. The molecule has 0 aliphatic rings. The largest absolute Gasteiger partial charge is 0.399 e. The highest BCUT2D eigenvalue weighted by atomic mass is 15.0. The first kappa shape index (κ1) is 6.22. The van der Waals surface area contributed by atoms with Gasteiger partial charge in [-0.1, -0.05) is 0 Å². The molecule has 0 spiro atoms. The SMILES string of the molecule is Cc1cnc2cc(N)ccn12. The second-order valence-corrected chi connectivity index (χ2v) is 2.59. The van der Waals surface area contributed by atoms with E-state index in [-0.39, 0.29) is 0 Å². The molecular formula is C8H9N3. The minimum absolute atomic E-state index is 0.753. The first-order valence-corrected chi connectivity index (χ1v) is 3.46. The van der Waals surface area contributed by atoms with E-state index in [2.05, 4.69) is 4.98 Å². The maximum Gasteiger partial charge on any atom is 0.138 e. The molecule has 56 valence electrons. The van der Waals surface area contributed by atoms with Crippen LogP contribution in [-0.2, 0) is 0 Å². The summed E-state index contributed by atoms with van der Waals surface area (Å²) in [5.41, 5.74) is 8.36. The van der Waals surface area contributed by atoms with Gasteiger partial charge in [-0.2, -0.15) is 0 Å². The molecule has 2 N–H and O–H groups in total. The fourth-order valence-electron chi connectivity index (χ4n) is 1.12. The van der Waals surface area contributed by atoms with Gasteiger partial charge in [0.1, 0.15) is 5.65 Å². The number of pyridine rings is 1. The third-order valence-corrected chi connectivity index (χ3v) is 1.72. The molecule has 2 heterocycles. The smallest absolute Gasteiger partial charge is 0.138 e. The number of hydrogen-bond donors (Lipinski definition) is 1. The zero-order valence-corrected chi connectivity index (χ0v) is 6.28. The van der Waals surface area contributed by atoms with E-state index in [0.717, 1.165) is 17.0 Å². The van der Waals surface area contributed by atoms with Crippen molar-refractivity contribution in [2.75, 3.05) is 5.73 Å². The first-order valence-electron chi connectivity index (χ1n) is 3.46. The molecule has 2 aromatic rings. The number of aromatic nitrogens is 2. The second-order valence-electron chi connectivity index (χ2n) is 2.59. The number of aryl methyl sites for hydroxylation is 1. The van der Waals surface area contributed by atoms with Crippen molar-refractivity contribution in [3.05, 3.63) is 30.2 Å². The Morgan fingerprint density at radius 3 is 3.18 bits per heavy atom. The summed E-state index contributed by atoms with van der Waals surface area (Å²) in [5, 5.41) is 0. The number of fused-ring (bicyclic) bond motifs is 1. The Bertz CT molecular complexity index is 389. The molecule has 0 amide bonds. The molecular weight excluding hydrogens is 138 g/mol.